The standard InChI is InChI=1S/C11H20O4.C6H14O2.C2H6O2/c1-11(2,3)8-15-10(14)7-5-4-6-9(12)13;7-5-3-1-2-4-6-8;3-1-2-4/h4-8H2,1-3H3,(H,12,13);7-8H,1-6H2;3-4H,1-2H2. The number of ether oxygens (including phenoxy) is 1. The Bertz CT molecular complexity index is 318. The number of carboxylic acid groups (broad SMARTS) is 1. The first-order chi connectivity index (χ1) is 12.6. The van der Waals surface area contributed by atoms with Crippen molar-refractivity contribution < 1.29 is 39.9 Å². The normalized spacial score (nSPS) is 10.2. The molecule has 0 saturated carbocycles. The van der Waals surface area contributed by atoms with Crippen molar-refractivity contribution in [3.05, 3.63) is 0 Å². The molecule has 0 bridgehead atoms. The van der Waals surface area contributed by atoms with Gasteiger partial charge in [0.2, 0.25) is 0 Å². The van der Waals surface area contributed by atoms with E-state index >= 15 is 0 Å². The van der Waals surface area contributed by atoms with Crippen LogP contribution in [0.25, 0.3) is 0 Å². The Morgan fingerprint density at radius 1 is 0.704 bits per heavy atom. The van der Waals surface area contributed by atoms with E-state index in [-0.39, 0.29) is 44.2 Å². The van der Waals surface area contributed by atoms with Crippen molar-refractivity contribution in [1.82, 2.24) is 0 Å². The van der Waals surface area contributed by atoms with Crippen LogP contribution in [-0.2, 0) is 14.3 Å². The molecule has 5 N–H and O–H groups in total. The molecule has 27 heavy (non-hydrogen) atoms. The second kappa shape index (κ2) is 22.8. The zero-order valence-corrected chi connectivity index (χ0v) is 17.2. The van der Waals surface area contributed by atoms with Crippen LogP contribution in [0, 0.1) is 5.41 Å². The molecule has 0 amide bonds. The molecule has 0 aliphatic carbocycles. The van der Waals surface area contributed by atoms with Crippen LogP contribution in [0.1, 0.15) is 72.1 Å². The molecular formula is C19H40O8. The minimum atomic E-state index is -0.821. The van der Waals surface area contributed by atoms with Gasteiger partial charge in [-0.15, -0.1) is 0 Å². The van der Waals surface area contributed by atoms with Gasteiger partial charge in [-0.05, 0) is 31.1 Å². The van der Waals surface area contributed by atoms with Crippen LogP contribution in [0.2, 0.25) is 0 Å². The topological polar surface area (TPSA) is 145 Å². The van der Waals surface area contributed by atoms with E-state index in [1.165, 1.54) is 0 Å². The molecule has 0 saturated heterocycles. The van der Waals surface area contributed by atoms with Crippen molar-refractivity contribution in [2.45, 2.75) is 72.1 Å². The fraction of sp³-hybridized carbons (Fsp3) is 0.895. The van der Waals surface area contributed by atoms with E-state index in [0.717, 1.165) is 25.7 Å². The number of unbranched alkanes of at least 4 members (excludes halogenated alkanes) is 4. The van der Waals surface area contributed by atoms with E-state index in [4.69, 9.17) is 30.3 Å². The van der Waals surface area contributed by atoms with Crippen LogP contribution in [0.3, 0.4) is 0 Å². The molecule has 164 valence electrons. The lowest BCUT2D eigenvalue weighted by Gasteiger charge is -2.17. The summed E-state index contributed by atoms with van der Waals surface area (Å²) < 4.78 is 5.03. The number of carbonyl (C=O) groups excluding carboxylic acids is 1. The van der Waals surface area contributed by atoms with Crippen LogP contribution in [0.4, 0.5) is 0 Å². The fourth-order valence-corrected chi connectivity index (χ4v) is 1.49. The Balaban J connectivity index is -0.000000400. The van der Waals surface area contributed by atoms with Gasteiger partial charge >= 0.3 is 11.9 Å². The number of aliphatic hydroxyl groups is 4. The first kappa shape index (κ1) is 30.5. The molecule has 0 aromatic rings. The van der Waals surface area contributed by atoms with Gasteiger partial charge in [0.25, 0.3) is 0 Å². The zero-order valence-electron chi connectivity index (χ0n) is 17.2. The highest BCUT2D eigenvalue weighted by Gasteiger charge is 2.13. The average molecular weight is 397 g/mol. The van der Waals surface area contributed by atoms with Crippen LogP contribution in [0.15, 0.2) is 0 Å². The lowest BCUT2D eigenvalue weighted by Crippen LogP contribution is -2.18. The molecular weight excluding hydrogens is 356 g/mol. The summed E-state index contributed by atoms with van der Waals surface area (Å²) in [7, 11) is 0. The average Bonchev–Trinajstić information content (AvgIpc) is 2.61. The van der Waals surface area contributed by atoms with Gasteiger partial charge in [0.05, 0.1) is 19.8 Å². The second-order valence-electron chi connectivity index (χ2n) is 7.13. The summed E-state index contributed by atoms with van der Waals surface area (Å²) in [6.45, 7) is 6.70. The molecule has 0 aliphatic heterocycles. The lowest BCUT2D eigenvalue weighted by molar-refractivity contribution is -0.147. The van der Waals surface area contributed by atoms with E-state index in [9.17, 15) is 9.59 Å². The molecule has 0 aliphatic rings. The molecule has 0 spiro atoms. The first-order valence-corrected chi connectivity index (χ1v) is 9.45. The van der Waals surface area contributed by atoms with Crippen LogP contribution in [0.5, 0.6) is 0 Å². The number of hydrogen-bond donors (Lipinski definition) is 5. The maximum atomic E-state index is 11.2. The Kier molecular flexibility index (Phi) is 25.8. The van der Waals surface area contributed by atoms with Gasteiger partial charge in [-0.3, -0.25) is 9.59 Å². The van der Waals surface area contributed by atoms with Crippen molar-refractivity contribution in [1.29, 1.82) is 0 Å². The Morgan fingerprint density at radius 2 is 1.15 bits per heavy atom. The predicted octanol–water partition coefficient (Wildman–Crippen LogP) is 1.72. The van der Waals surface area contributed by atoms with E-state index in [1.54, 1.807) is 0 Å². The molecule has 0 fully saturated rings. The molecule has 0 aromatic carbocycles. The van der Waals surface area contributed by atoms with Crippen molar-refractivity contribution in [2.75, 3.05) is 33.0 Å². The monoisotopic (exact) mass is 396 g/mol. The van der Waals surface area contributed by atoms with Crippen molar-refractivity contribution in [2.24, 2.45) is 5.41 Å². The Labute approximate surface area is 163 Å². The third kappa shape index (κ3) is 40.7. The Hall–Kier alpha value is -1.22. The van der Waals surface area contributed by atoms with E-state index < -0.39 is 5.97 Å². The SMILES string of the molecule is CC(C)(C)COC(=O)CCCCC(=O)O.OCCCCCCO.OCCO. The van der Waals surface area contributed by atoms with Gasteiger partial charge in [0, 0.05) is 26.1 Å². The number of carboxylic acids is 1. The third-order valence-electron chi connectivity index (χ3n) is 2.85. The highest BCUT2D eigenvalue weighted by atomic mass is 16.5. The van der Waals surface area contributed by atoms with Gasteiger partial charge in [-0.2, -0.15) is 0 Å². The van der Waals surface area contributed by atoms with Crippen LogP contribution in [-0.4, -0.2) is 70.5 Å². The maximum absolute atomic E-state index is 11.2. The van der Waals surface area contributed by atoms with Gasteiger partial charge < -0.3 is 30.3 Å². The summed E-state index contributed by atoms with van der Waals surface area (Å²) in [6.07, 6.45) is 5.36. The van der Waals surface area contributed by atoms with Gasteiger partial charge in [-0.1, -0.05) is 33.6 Å². The predicted molar refractivity (Wildman–Crippen MR) is 103 cm³/mol. The lowest BCUT2D eigenvalue weighted by atomic mass is 9.99. The number of carbonyl (C=O) groups is 2. The Morgan fingerprint density at radius 3 is 1.48 bits per heavy atom. The molecule has 0 rings (SSSR count). The van der Waals surface area contributed by atoms with Crippen LogP contribution >= 0.6 is 0 Å². The summed E-state index contributed by atoms with van der Waals surface area (Å²) in [5.74, 6) is -1.06. The number of rotatable bonds is 12. The molecule has 0 unspecified atom stereocenters. The smallest absolute Gasteiger partial charge is 0.305 e. The summed E-state index contributed by atoms with van der Waals surface area (Å²) in [4.78, 5) is 21.3. The van der Waals surface area contributed by atoms with E-state index in [2.05, 4.69) is 0 Å². The summed E-state index contributed by atoms with van der Waals surface area (Å²) in [5.41, 5.74) is -0.0171. The largest absolute Gasteiger partial charge is 0.481 e. The van der Waals surface area contributed by atoms with Crippen LogP contribution < -0.4 is 0 Å². The number of aliphatic carboxylic acids is 1. The van der Waals surface area contributed by atoms with Crippen molar-refractivity contribution in [3.8, 4) is 0 Å². The minimum absolute atomic E-state index is 0.0171. The van der Waals surface area contributed by atoms with Gasteiger partial charge in [0.15, 0.2) is 0 Å². The first-order valence-electron chi connectivity index (χ1n) is 9.45. The number of aliphatic hydroxyl groups excluding tert-OH is 4. The highest BCUT2D eigenvalue weighted by Crippen LogP contribution is 2.13. The maximum Gasteiger partial charge on any atom is 0.305 e. The van der Waals surface area contributed by atoms with Gasteiger partial charge in [0.1, 0.15) is 0 Å². The number of hydrogen-bond acceptors (Lipinski definition) is 7. The molecule has 8 nitrogen and oxygen atoms in total. The zero-order chi connectivity index (χ0) is 21.6. The van der Waals surface area contributed by atoms with Gasteiger partial charge in [-0.25, -0.2) is 0 Å². The fourth-order valence-electron chi connectivity index (χ4n) is 1.49. The second-order valence-corrected chi connectivity index (χ2v) is 7.13. The van der Waals surface area contributed by atoms with Crippen molar-refractivity contribution in [3.63, 3.8) is 0 Å². The summed E-state index contributed by atoms with van der Waals surface area (Å²) >= 11 is 0. The molecule has 0 radical (unpaired) electrons. The highest BCUT2D eigenvalue weighted by molar-refractivity contribution is 5.69. The molecule has 0 aromatic heterocycles. The minimum Gasteiger partial charge on any atom is -0.481 e. The molecule has 8 heteroatoms. The quantitative estimate of drug-likeness (QED) is 0.248. The number of esters is 1. The molecule has 0 atom stereocenters. The van der Waals surface area contributed by atoms with Crippen molar-refractivity contribution >= 4 is 11.9 Å². The molecule has 0 heterocycles. The third-order valence-corrected chi connectivity index (χ3v) is 2.85. The van der Waals surface area contributed by atoms with E-state index in [0.29, 0.717) is 25.9 Å². The summed E-state index contributed by atoms with van der Waals surface area (Å²) in [5, 5.41) is 40.2. The summed E-state index contributed by atoms with van der Waals surface area (Å²) in [6, 6.07) is 0. The van der Waals surface area contributed by atoms with E-state index in [1.807, 2.05) is 20.8 Å².